The number of aryl methyl sites for hydroxylation is 1. The Hall–Kier alpha value is -2.01. The molecule has 1 aromatic heterocycles. The molecule has 2 aromatic rings. The van der Waals surface area contributed by atoms with Crippen LogP contribution in [-0.4, -0.2) is 28.0 Å². The van der Waals surface area contributed by atoms with E-state index in [-0.39, 0.29) is 11.6 Å². The summed E-state index contributed by atoms with van der Waals surface area (Å²) in [6, 6.07) is 5.25. The van der Waals surface area contributed by atoms with Crippen molar-refractivity contribution in [1.29, 1.82) is 0 Å². The molecule has 1 aromatic carbocycles. The summed E-state index contributed by atoms with van der Waals surface area (Å²) < 4.78 is 6.89. The third kappa shape index (κ3) is 2.88. The fourth-order valence-corrected chi connectivity index (χ4v) is 2.55. The molecule has 6 heteroatoms. The third-order valence-corrected chi connectivity index (χ3v) is 3.57. The van der Waals surface area contributed by atoms with E-state index in [0.29, 0.717) is 16.5 Å². The minimum atomic E-state index is -1.06. The molecule has 2 rings (SSSR count). The molecule has 1 heterocycles. The van der Waals surface area contributed by atoms with Gasteiger partial charge in [0, 0.05) is 12.6 Å². The van der Waals surface area contributed by atoms with E-state index in [2.05, 4.69) is 5.10 Å². The number of ether oxygens (including phenoxy) is 1. The average molecular weight is 309 g/mol. The minimum absolute atomic E-state index is 0.00513. The summed E-state index contributed by atoms with van der Waals surface area (Å²) in [6.45, 7) is 4.09. The number of benzene rings is 1. The highest BCUT2D eigenvalue weighted by atomic mass is 35.5. The second-order valence-electron chi connectivity index (χ2n) is 5.08. The number of halogens is 1. The number of carbonyl (C=O) groups is 1. The highest BCUT2D eigenvalue weighted by Crippen LogP contribution is 2.37. The molecule has 0 fully saturated rings. The zero-order chi connectivity index (χ0) is 15.7. The van der Waals surface area contributed by atoms with Gasteiger partial charge in [-0.1, -0.05) is 25.4 Å². The Balaban J connectivity index is 2.62. The highest BCUT2D eigenvalue weighted by Gasteiger charge is 2.17. The van der Waals surface area contributed by atoms with Crippen LogP contribution < -0.4 is 4.74 Å². The van der Waals surface area contributed by atoms with Gasteiger partial charge in [-0.2, -0.15) is 5.10 Å². The monoisotopic (exact) mass is 308 g/mol. The third-order valence-electron chi connectivity index (χ3n) is 3.29. The molecule has 0 spiro atoms. The molecule has 0 saturated heterocycles. The summed E-state index contributed by atoms with van der Waals surface area (Å²) >= 11 is 6.28. The van der Waals surface area contributed by atoms with E-state index in [1.54, 1.807) is 20.2 Å². The summed E-state index contributed by atoms with van der Waals surface area (Å²) in [4.78, 5) is 11.0. The van der Waals surface area contributed by atoms with Gasteiger partial charge in [-0.3, -0.25) is 4.68 Å². The Labute approximate surface area is 128 Å². The Morgan fingerprint density at radius 2 is 2.05 bits per heavy atom. The molecule has 5 nitrogen and oxygen atoms in total. The van der Waals surface area contributed by atoms with Crippen LogP contribution in [0.15, 0.2) is 18.2 Å². The molecule has 0 saturated carbocycles. The van der Waals surface area contributed by atoms with Gasteiger partial charge in [-0.15, -0.1) is 0 Å². The predicted molar refractivity (Wildman–Crippen MR) is 81.3 cm³/mol. The van der Waals surface area contributed by atoms with Crippen molar-refractivity contribution < 1.29 is 14.6 Å². The number of carboxylic acid groups (broad SMARTS) is 1. The molecule has 0 radical (unpaired) electrons. The van der Waals surface area contributed by atoms with Gasteiger partial charge in [-0.05, 0) is 29.7 Å². The smallest absolute Gasteiger partial charge is 0.356 e. The molecule has 0 aliphatic heterocycles. The molecule has 0 unspecified atom stereocenters. The summed E-state index contributed by atoms with van der Waals surface area (Å²) in [5, 5.41) is 13.5. The topological polar surface area (TPSA) is 64.3 Å². The van der Waals surface area contributed by atoms with E-state index in [1.807, 2.05) is 19.9 Å². The molecule has 0 atom stereocenters. The molecular weight excluding hydrogens is 292 g/mol. The number of carboxylic acids is 1. The maximum atomic E-state index is 11.0. The number of hydrogen-bond acceptors (Lipinski definition) is 3. The van der Waals surface area contributed by atoms with Gasteiger partial charge >= 0.3 is 5.97 Å². The second-order valence-corrected chi connectivity index (χ2v) is 5.49. The zero-order valence-corrected chi connectivity index (χ0v) is 13.1. The van der Waals surface area contributed by atoms with E-state index in [9.17, 15) is 4.79 Å². The van der Waals surface area contributed by atoms with Gasteiger partial charge in [0.25, 0.3) is 0 Å². The molecule has 0 aliphatic rings. The van der Waals surface area contributed by atoms with Crippen molar-refractivity contribution in [2.75, 3.05) is 7.11 Å². The first-order chi connectivity index (χ1) is 9.85. The van der Waals surface area contributed by atoms with Crippen LogP contribution in [0.5, 0.6) is 5.75 Å². The summed E-state index contributed by atoms with van der Waals surface area (Å²) in [5.74, 6) is -0.179. The van der Waals surface area contributed by atoms with Crippen LogP contribution >= 0.6 is 11.6 Å². The van der Waals surface area contributed by atoms with Crippen molar-refractivity contribution in [2.24, 2.45) is 7.05 Å². The maximum Gasteiger partial charge on any atom is 0.356 e. The zero-order valence-electron chi connectivity index (χ0n) is 12.3. The van der Waals surface area contributed by atoms with Crippen LogP contribution in [0.1, 0.15) is 35.8 Å². The Morgan fingerprint density at radius 1 is 1.38 bits per heavy atom. The van der Waals surface area contributed by atoms with Gasteiger partial charge in [0.2, 0.25) is 0 Å². The summed E-state index contributed by atoms with van der Waals surface area (Å²) in [7, 11) is 3.29. The van der Waals surface area contributed by atoms with Gasteiger partial charge in [0.15, 0.2) is 5.69 Å². The summed E-state index contributed by atoms with van der Waals surface area (Å²) in [6.07, 6.45) is 0. The number of rotatable bonds is 4. The van der Waals surface area contributed by atoms with Crippen LogP contribution in [0.4, 0.5) is 0 Å². The second kappa shape index (κ2) is 5.77. The lowest BCUT2D eigenvalue weighted by Crippen LogP contribution is -2.00. The first kappa shape index (κ1) is 15.4. The number of nitrogens with zero attached hydrogens (tertiary/aromatic N) is 2. The van der Waals surface area contributed by atoms with Crippen LogP contribution in [-0.2, 0) is 7.05 Å². The Morgan fingerprint density at radius 3 is 2.52 bits per heavy atom. The van der Waals surface area contributed by atoms with Crippen LogP contribution in [0.2, 0.25) is 5.02 Å². The maximum absolute atomic E-state index is 11.0. The van der Waals surface area contributed by atoms with Crippen molar-refractivity contribution >= 4 is 17.6 Å². The molecule has 0 bridgehead atoms. The van der Waals surface area contributed by atoms with Gasteiger partial charge in [0.1, 0.15) is 5.75 Å². The van der Waals surface area contributed by atoms with Crippen LogP contribution in [0.25, 0.3) is 11.3 Å². The van der Waals surface area contributed by atoms with Crippen molar-refractivity contribution in [2.45, 2.75) is 19.8 Å². The lowest BCUT2D eigenvalue weighted by atomic mass is 9.98. The van der Waals surface area contributed by atoms with E-state index < -0.39 is 5.97 Å². The molecule has 112 valence electrons. The highest BCUT2D eigenvalue weighted by molar-refractivity contribution is 6.32. The van der Waals surface area contributed by atoms with Crippen LogP contribution in [0.3, 0.4) is 0 Å². The average Bonchev–Trinajstić information content (AvgIpc) is 2.80. The van der Waals surface area contributed by atoms with E-state index in [1.165, 1.54) is 10.7 Å². The quantitative estimate of drug-likeness (QED) is 0.937. The van der Waals surface area contributed by atoms with Crippen molar-refractivity contribution in [3.05, 3.63) is 34.5 Å². The number of aromatic carboxylic acids is 1. The molecule has 0 aliphatic carbocycles. The lowest BCUT2D eigenvalue weighted by molar-refractivity contribution is 0.0689. The fourth-order valence-electron chi connectivity index (χ4n) is 2.25. The molecule has 21 heavy (non-hydrogen) atoms. The van der Waals surface area contributed by atoms with E-state index in [0.717, 1.165) is 11.1 Å². The molecule has 0 amide bonds. The number of aromatic nitrogens is 2. The fraction of sp³-hybridized carbons (Fsp3) is 0.333. The SMILES string of the molecule is COc1c(Cl)cc(-c2cc(C(=O)O)nn2C)cc1C(C)C. The van der Waals surface area contributed by atoms with E-state index in [4.69, 9.17) is 21.4 Å². The molecular formula is C15H17ClN2O3. The normalized spacial score (nSPS) is 11.0. The van der Waals surface area contributed by atoms with Gasteiger partial charge in [-0.25, -0.2) is 4.79 Å². The molecule has 1 N–H and O–H groups in total. The van der Waals surface area contributed by atoms with Crippen molar-refractivity contribution in [1.82, 2.24) is 9.78 Å². The lowest BCUT2D eigenvalue weighted by Gasteiger charge is -2.15. The first-order valence-electron chi connectivity index (χ1n) is 6.50. The first-order valence-corrected chi connectivity index (χ1v) is 6.88. The number of hydrogen-bond donors (Lipinski definition) is 1. The van der Waals surface area contributed by atoms with Crippen molar-refractivity contribution in [3.8, 4) is 17.0 Å². The Bertz CT molecular complexity index is 692. The number of methoxy groups -OCH3 is 1. The standard InChI is InChI=1S/C15H17ClN2O3/c1-8(2)10-5-9(6-11(16)14(10)21-4)13-7-12(15(19)20)17-18(13)3/h5-8H,1-4H3,(H,19,20). The Kier molecular flexibility index (Phi) is 4.23. The van der Waals surface area contributed by atoms with E-state index >= 15 is 0 Å². The minimum Gasteiger partial charge on any atom is -0.495 e. The van der Waals surface area contributed by atoms with Crippen molar-refractivity contribution in [3.63, 3.8) is 0 Å². The predicted octanol–water partition coefficient (Wildman–Crippen LogP) is 3.57. The summed E-state index contributed by atoms with van der Waals surface area (Å²) in [5.41, 5.74) is 2.48. The van der Waals surface area contributed by atoms with Gasteiger partial charge in [0.05, 0.1) is 17.8 Å². The van der Waals surface area contributed by atoms with Gasteiger partial charge < -0.3 is 9.84 Å². The van der Waals surface area contributed by atoms with Crippen LogP contribution in [0, 0.1) is 0 Å². The largest absolute Gasteiger partial charge is 0.495 e.